The number of morpholine rings is 1. The Morgan fingerprint density at radius 2 is 2.04 bits per heavy atom. The van der Waals surface area contributed by atoms with Gasteiger partial charge in [0.1, 0.15) is 0 Å². The fraction of sp³-hybridized carbons (Fsp3) is 0.267. The summed E-state index contributed by atoms with van der Waals surface area (Å²) >= 11 is 7.64. The standard InChI is InChI=1S/C15H12ClFN4OS/c16-15-19-10-7-11(9-1-2-12(17)18-8-9)23-13(10)14(20-15)21-3-5-22-6-4-21/h1-2,7-8H,3-6H2. The first kappa shape index (κ1) is 14.7. The molecule has 0 saturated carbocycles. The molecule has 3 aromatic heterocycles. The fourth-order valence-electron chi connectivity index (χ4n) is 2.54. The van der Waals surface area contributed by atoms with Crippen molar-refractivity contribution in [1.82, 2.24) is 15.0 Å². The van der Waals surface area contributed by atoms with Crippen LogP contribution in [0, 0.1) is 5.95 Å². The Labute approximate surface area is 140 Å². The van der Waals surface area contributed by atoms with Crippen molar-refractivity contribution < 1.29 is 9.13 Å². The van der Waals surface area contributed by atoms with Crippen LogP contribution in [0.1, 0.15) is 0 Å². The lowest BCUT2D eigenvalue weighted by molar-refractivity contribution is 0.122. The van der Waals surface area contributed by atoms with Crippen LogP contribution in [0.25, 0.3) is 20.7 Å². The van der Waals surface area contributed by atoms with E-state index < -0.39 is 5.95 Å². The summed E-state index contributed by atoms with van der Waals surface area (Å²) in [6, 6.07) is 4.99. The number of aromatic nitrogens is 3. The zero-order valence-corrected chi connectivity index (χ0v) is 13.6. The topological polar surface area (TPSA) is 51.1 Å². The van der Waals surface area contributed by atoms with Crippen molar-refractivity contribution in [2.45, 2.75) is 0 Å². The highest BCUT2D eigenvalue weighted by molar-refractivity contribution is 7.22. The van der Waals surface area contributed by atoms with Crippen LogP contribution in [-0.2, 0) is 4.74 Å². The molecule has 0 N–H and O–H groups in total. The van der Waals surface area contributed by atoms with Gasteiger partial charge in [-0.05, 0) is 29.8 Å². The van der Waals surface area contributed by atoms with Gasteiger partial charge in [0.25, 0.3) is 0 Å². The molecule has 4 rings (SSSR count). The van der Waals surface area contributed by atoms with Crippen LogP contribution in [0.5, 0.6) is 0 Å². The van der Waals surface area contributed by atoms with E-state index in [1.165, 1.54) is 12.3 Å². The molecule has 1 aliphatic rings. The first-order chi connectivity index (χ1) is 11.2. The highest BCUT2D eigenvalue weighted by Gasteiger charge is 2.19. The van der Waals surface area contributed by atoms with Crippen LogP contribution in [0.3, 0.4) is 0 Å². The van der Waals surface area contributed by atoms with Crippen molar-refractivity contribution in [1.29, 1.82) is 0 Å². The van der Waals surface area contributed by atoms with E-state index in [4.69, 9.17) is 16.3 Å². The van der Waals surface area contributed by atoms with Crippen LogP contribution in [0.2, 0.25) is 5.28 Å². The van der Waals surface area contributed by atoms with Gasteiger partial charge < -0.3 is 9.64 Å². The highest BCUT2D eigenvalue weighted by atomic mass is 35.5. The Bertz CT molecular complexity index is 849. The Kier molecular flexibility index (Phi) is 3.84. The minimum Gasteiger partial charge on any atom is -0.378 e. The van der Waals surface area contributed by atoms with Gasteiger partial charge in [-0.1, -0.05) is 0 Å². The van der Waals surface area contributed by atoms with E-state index in [2.05, 4.69) is 19.9 Å². The number of pyridine rings is 1. The molecule has 5 nitrogen and oxygen atoms in total. The van der Waals surface area contributed by atoms with Gasteiger partial charge in [-0.3, -0.25) is 0 Å². The summed E-state index contributed by atoms with van der Waals surface area (Å²) in [5.74, 6) is 0.335. The van der Waals surface area contributed by atoms with E-state index in [-0.39, 0.29) is 5.28 Å². The number of thiophene rings is 1. The van der Waals surface area contributed by atoms with Crippen LogP contribution in [-0.4, -0.2) is 41.3 Å². The normalized spacial score (nSPS) is 15.3. The second kappa shape index (κ2) is 5.99. The molecule has 0 atom stereocenters. The van der Waals surface area contributed by atoms with Crippen LogP contribution in [0.4, 0.5) is 10.2 Å². The molecule has 8 heteroatoms. The van der Waals surface area contributed by atoms with Crippen LogP contribution in [0.15, 0.2) is 24.4 Å². The van der Waals surface area contributed by atoms with E-state index in [0.29, 0.717) is 13.2 Å². The van der Waals surface area contributed by atoms with E-state index in [0.717, 1.165) is 39.6 Å². The largest absolute Gasteiger partial charge is 0.378 e. The summed E-state index contributed by atoms with van der Waals surface area (Å²) < 4.78 is 19.4. The smallest absolute Gasteiger partial charge is 0.224 e. The summed E-state index contributed by atoms with van der Waals surface area (Å²) in [6.07, 6.45) is 1.52. The van der Waals surface area contributed by atoms with Gasteiger partial charge in [-0.15, -0.1) is 11.3 Å². The molecule has 1 saturated heterocycles. The predicted octanol–water partition coefficient (Wildman–Crippen LogP) is 3.38. The summed E-state index contributed by atoms with van der Waals surface area (Å²) in [5, 5.41) is 0.223. The molecular formula is C15H12ClFN4OS. The summed E-state index contributed by atoms with van der Waals surface area (Å²) in [7, 11) is 0. The lowest BCUT2D eigenvalue weighted by Crippen LogP contribution is -2.36. The number of ether oxygens (including phenoxy) is 1. The zero-order valence-electron chi connectivity index (χ0n) is 12.0. The van der Waals surface area contributed by atoms with Crippen molar-refractivity contribution in [2.24, 2.45) is 0 Å². The second-order valence-electron chi connectivity index (χ2n) is 5.11. The minimum atomic E-state index is -0.494. The molecule has 0 radical (unpaired) electrons. The third-order valence-corrected chi connectivity index (χ3v) is 4.99. The van der Waals surface area contributed by atoms with Crippen LogP contribution < -0.4 is 4.90 Å². The van der Waals surface area contributed by atoms with Gasteiger partial charge in [0.15, 0.2) is 5.82 Å². The molecule has 0 aliphatic carbocycles. The molecule has 4 heterocycles. The average molecular weight is 351 g/mol. The predicted molar refractivity (Wildman–Crippen MR) is 88.6 cm³/mol. The van der Waals surface area contributed by atoms with Crippen molar-refractivity contribution in [3.63, 3.8) is 0 Å². The number of hydrogen-bond donors (Lipinski definition) is 0. The lowest BCUT2D eigenvalue weighted by atomic mass is 10.2. The third-order valence-electron chi connectivity index (χ3n) is 3.65. The molecule has 0 amide bonds. The van der Waals surface area contributed by atoms with E-state index in [1.807, 2.05) is 6.07 Å². The van der Waals surface area contributed by atoms with Gasteiger partial charge in [-0.2, -0.15) is 9.37 Å². The Hall–Kier alpha value is -1.83. The molecule has 118 valence electrons. The van der Waals surface area contributed by atoms with E-state index in [9.17, 15) is 4.39 Å². The quantitative estimate of drug-likeness (QED) is 0.524. The molecule has 0 unspecified atom stereocenters. The minimum absolute atomic E-state index is 0.223. The molecule has 0 bridgehead atoms. The molecule has 1 aliphatic heterocycles. The van der Waals surface area contributed by atoms with Gasteiger partial charge in [0.2, 0.25) is 11.2 Å². The van der Waals surface area contributed by atoms with Crippen molar-refractivity contribution >= 4 is 39.0 Å². The maximum Gasteiger partial charge on any atom is 0.224 e. The number of nitrogens with zero attached hydrogens (tertiary/aromatic N) is 4. The molecule has 0 spiro atoms. The van der Waals surface area contributed by atoms with E-state index >= 15 is 0 Å². The SMILES string of the molecule is Fc1ccc(-c2cc3nc(Cl)nc(N4CCOCC4)c3s2)cn1. The van der Waals surface area contributed by atoms with Crippen molar-refractivity contribution in [3.05, 3.63) is 35.6 Å². The zero-order chi connectivity index (χ0) is 15.8. The van der Waals surface area contributed by atoms with Crippen molar-refractivity contribution in [3.8, 4) is 10.4 Å². The summed E-state index contributed by atoms with van der Waals surface area (Å²) in [6.45, 7) is 2.88. The lowest BCUT2D eigenvalue weighted by Gasteiger charge is -2.28. The fourth-order valence-corrected chi connectivity index (χ4v) is 3.82. The molecule has 0 aromatic carbocycles. The summed E-state index contributed by atoms with van der Waals surface area (Å²) in [4.78, 5) is 15.5. The number of fused-ring (bicyclic) bond motifs is 1. The van der Waals surface area contributed by atoms with Crippen molar-refractivity contribution in [2.75, 3.05) is 31.2 Å². The second-order valence-corrected chi connectivity index (χ2v) is 6.50. The van der Waals surface area contributed by atoms with Gasteiger partial charge in [0, 0.05) is 29.7 Å². The van der Waals surface area contributed by atoms with Gasteiger partial charge in [0.05, 0.1) is 23.4 Å². The Balaban J connectivity index is 1.82. The molecule has 1 fully saturated rings. The third kappa shape index (κ3) is 2.87. The van der Waals surface area contributed by atoms with E-state index in [1.54, 1.807) is 17.4 Å². The highest BCUT2D eigenvalue weighted by Crippen LogP contribution is 2.37. The first-order valence-electron chi connectivity index (χ1n) is 7.12. The maximum absolute atomic E-state index is 13.0. The Morgan fingerprint density at radius 3 is 2.78 bits per heavy atom. The molecular weight excluding hydrogens is 339 g/mol. The Morgan fingerprint density at radius 1 is 1.22 bits per heavy atom. The number of halogens is 2. The average Bonchev–Trinajstić information content (AvgIpc) is 2.99. The van der Waals surface area contributed by atoms with Gasteiger partial charge >= 0.3 is 0 Å². The van der Waals surface area contributed by atoms with Crippen LogP contribution >= 0.6 is 22.9 Å². The number of rotatable bonds is 2. The van der Waals surface area contributed by atoms with Gasteiger partial charge in [-0.25, -0.2) is 9.97 Å². The monoisotopic (exact) mass is 350 g/mol. The molecule has 3 aromatic rings. The maximum atomic E-state index is 13.0. The summed E-state index contributed by atoms with van der Waals surface area (Å²) in [5.41, 5.74) is 1.63. The first-order valence-corrected chi connectivity index (χ1v) is 8.32. The number of hydrogen-bond acceptors (Lipinski definition) is 6. The molecule has 23 heavy (non-hydrogen) atoms. The number of anilines is 1.